The van der Waals surface area contributed by atoms with E-state index in [1.54, 1.807) is 0 Å². The predicted molar refractivity (Wildman–Crippen MR) is 419 cm³/mol. The van der Waals surface area contributed by atoms with E-state index >= 15 is 0 Å². The maximum Gasteiger partial charge on any atom is 0.472 e. The Kier molecular flexibility index (Phi) is 75.8. The van der Waals surface area contributed by atoms with Gasteiger partial charge in [-0.1, -0.05) is 400 Å². The van der Waals surface area contributed by atoms with Gasteiger partial charge < -0.3 is 33.8 Å². The number of rotatable bonds is 84. The topological polar surface area (TPSA) is 237 Å². The van der Waals surface area contributed by atoms with Gasteiger partial charge in [-0.15, -0.1) is 0 Å². The Bertz CT molecular complexity index is 1930. The highest BCUT2D eigenvalue weighted by molar-refractivity contribution is 7.47. The van der Waals surface area contributed by atoms with Gasteiger partial charge in [0.15, 0.2) is 12.2 Å². The van der Waals surface area contributed by atoms with Gasteiger partial charge in [0.2, 0.25) is 0 Å². The van der Waals surface area contributed by atoms with Crippen LogP contribution < -0.4 is 0 Å². The summed E-state index contributed by atoms with van der Waals surface area (Å²) in [6, 6.07) is 0. The Morgan fingerprint density at radius 1 is 0.235 bits per heavy atom. The van der Waals surface area contributed by atoms with Crippen molar-refractivity contribution in [3.8, 4) is 0 Å². The number of carbonyl (C=O) groups is 4. The number of hydrogen-bond acceptors (Lipinski definition) is 15. The van der Waals surface area contributed by atoms with Gasteiger partial charge >= 0.3 is 39.5 Å². The number of phosphoric acid groups is 2. The molecule has 0 aromatic heterocycles. The van der Waals surface area contributed by atoms with Crippen LogP contribution in [0.1, 0.15) is 451 Å². The van der Waals surface area contributed by atoms with Crippen molar-refractivity contribution in [2.75, 3.05) is 39.6 Å². The summed E-state index contributed by atoms with van der Waals surface area (Å²) in [5.74, 6) is -2.10. The van der Waals surface area contributed by atoms with Crippen molar-refractivity contribution in [1.82, 2.24) is 0 Å². The van der Waals surface area contributed by atoms with E-state index in [1.165, 1.54) is 283 Å². The summed E-state index contributed by atoms with van der Waals surface area (Å²) >= 11 is 0. The van der Waals surface area contributed by atoms with Crippen molar-refractivity contribution in [3.05, 3.63) is 0 Å². The van der Waals surface area contributed by atoms with E-state index in [2.05, 4.69) is 27.7 Å². The molecule has 0 aromatic carbocycles. The minimum absolute atomic E-state index is 0.109. The molecule has 102 heavy (non-hydrogen) atoms. The van der Waals surface area contributed by atoms with Crippen LogP contribution >= 0.6 is 15.6 Å². The van der Waals surface area contributed by atoms with Crippen LogP contribution in [0.3, 0.4) is 0 Å². The maximum absolute atomic E-state index is 13.1. The lowest BCUT2D eigenvalue weighted by Crippen LogP contribution is -2.30. The van der Waals surface area contributed by atoms with Gasteiger partial charge in [-0.2, -0.15) is 0 Å². The van der Waals surface area contributed by atoms with E-state index in [9.17, 15) is 43.2 Å². The van der Waals surface area contributed by atoms with Gasteiger partial charge in [0.05, 0.1) is 26.4 Å². The molecule has 19 heteroatoms. The summed E-state index contributed by atoms with van der Waals surface area (Å²) in [7, 11) is -9.92. The van der Waals surface area contributed by atoms with E-state index in [1.807, 2.05) is 0 Å². The molecule has 5 atom stereocenters. The van der Waals surface area contributed by atoms with Crippen molar-refractivity contribution >= 4 is 39.5 Å². The van der Waals surface area contributed by atoms with E-state index in [0.717, 1.165) is 89.9 Å². The summed E-state index contributed by atoms with van der Waals surface area (Å²) in [5, 5.41) is 10.7. The fourth-order valence-corrected chi connectivity index (χ4v) is 14.6. The highest BCUT2D eigenvalue weighted by Crippen LogP contribution is 2.45. The monoisotopic (exact) mass is 1490 g/mol. The first-order valence-corrected chi connectivity index (χ1v) is 46.3. The number of hydrogen-bond donors (Lipinski definition) is 3. The van der Waals surface area contributed by atoms with Crippen LogP contribution in [-0.4, -0.2) is 96.7 Å². The summed E-state index contributed by atoms with van der Waals surface area (Å²) in [4.78, 5) is 73.2. The predicted octanol–water partition coefficient (Wildman–Crippen LogP) is 25.4. The third-order valence-electron chi connectivity index (χ3n) is 19.6. The fraction of sp³-hybridized carbons (Fsp3) is 0.952. The third-order valence-corrected chi connectivity index (χ3v) is 21.5. The lowest BCUT2D eigenvalue weighted by molar-refractivity contribution is -0.161. The third kappa shape index (κ3) is 76.3. The number of aliphatic hydroxyl groups excluding tert-OH is 1. The Morgan fingerprint density at radius 2 is 0.392 bits per heavy atom. The molecular formula is C83H162O17P2. The zero-order valence-electron chi connectivity index (χ0n) is 66.6. The summed E-state index contributed by atoms with van der Waals surface area (Å²) < 4.78 is 68.8. The molecule has 0 amide bonds. The minimum Gasteiger partial charge on any atom is -0.462 e. The van der Waals surface area contributed by atoms with Crippen molar-refractivity contribution in [2.45, 2.75) is 470 Å². The summed E-state index contributed by atoms with van der Waals surface area (Å²) in [5.41, 5.74) is 0. The summed E-state index contributed by atoms with van der Waals surface area (Å²) in [6.45, 7) is 5.05. The van der Waals surface area contributed by atoms with Crippen LogP contribution in [0.15, 0.2) is 0 Å². The highest BCUT2D eigenvalue weighted by atomic mass is 31.2. The fourth-order valence-electron chi connectivity index (χ4n) is 13.0. The first-order valence-electron chi connectivity index (χ1n) is 43.3. The first-order chi connectivity index (χ1) is 49.7. The van der Waals surface area contributed by atoms with Crippen LogP contribution in [-0.2, 0) is 65.4 Å². The molecule has 0 aliphatic carbocycles. The van der Waals surface area contributed by atoms with Crippen molar-refractivity contribution in [3.63, 3.8) is 0 Å². The second kappa shape index (κ2) is 77.2. The van der Waals surface area contributed by atoms with Crippen LogP contribution in [0.2, 0.25) is 0 Å². The van der Waals surface area contributed by atoms with Crippen molar-refractivity contribution < 1.29 is 80.2 Å². The Hall–Kier alpha value is -1.94. The van der Waals surface area contributed by atoms with Gasteiger partial charge in [0.25, 0.3) is 0 Å². The van der Waals surface area contributed by atoms with E-state index in [4.69, 9.17) is 37.0 Å². The van der Waals surface area contributed by atoms with Gasteiger partial charge in [-0.3, -0.25) is 37.3 Å². The molecular weight excluding hydrogens is 1330 g/mol. The van der Waals surface area contributed by atoms with Crippen LogP contribution in [0.4, 0.5) is 0 Å². The average Bonchev–Trinajstić information content (AvgIpc) is 0.959. The van der Waals surface area contributed by atoms with E-state index < -0.39 is 97.5 Å². The Labute approximate surface area is 626 Å². The van der Waals surface area contributed by atoms with Crippen LogP contribution in [0, 0.1) is 0 Å². The second-order valence-electron chi connectivity index (χ2n) is 29.9. The molecule has 0 saturated carbocycles. The molecule has 0 aliphatic heterocycles. The zero-order chi connectivity index (χ0) is 74.6. The molecule has 0 bridgehead atoms. The number of aliphatic hydroxyl groups is 1. The van der Waals surface area contributed by atoms with Gasteiger partial charge in [0.1, 0.15) is 19.3 Å². The Balaban J connectivity index is 5.26. The molecule has 17 nitrogen and oxygen atoms in total. The van der Waals surface area contributed by atoms with Gasteiger partial charge in [-0.05, 0) is 25.7 Å². The average molecular weight is 1490 g/mol. The molecule has 0 aliphatic rings. The first kappa shape index (κ1) is 100. The van der Waals surface area contributed by atoms with Crippen molar-refractivity contribution in [2.24, 2.45) is 0 Å². The van der Waals surface area contributed by atoms with Crippen LogP contribution in [0.5, 0.6) is 0 Å². The number of phosphoric ester groups is 2. The lowest BCUT2D eigenvalue weighted by Gasteiger charge is -2.21. The molecule has 3 N–H and O–H groups in total. The van der Waals surface area contributed by atoms with E-state index in [-0.39, 0.29) is 25.7 Å². The number of esters is 4. The molecule has 0 saturated heterocycles. The second-order valence-corrected chi connectivity index (χ2v) is 32.8. The number of carbonyl (C=O) groups excluding carboxylic acids is 4. The summed E-state index contributed by atoms with van der Waals surface area (Å²) in [6.07, 6.45) is 70.6. The molecule has 2 unspecified atom stereocenters. The molecule has 606 valence electrons. The molecule has 0 spiro atoms. The normalized spacial score (nSPS) is 13.8. The van der Waals surface area contributed by atoms with Crippen LogP contribution in [0.25, 0.3) is 0 Å². The minimum atomic E-state index is -4.96. The SMILES string of the molecule is CCCCCCCCCCCCCCCCCCCC(=O)OC[C@H](COP(=O)(O)OC[C@H](O)COP(=O)(O)OC[C@@H](COC(=O)CCCCCCCCCCCCCCCCC)OC(=O)CCCCCCCCCCCCCCC)OC(=O)CCCCCCCCCCCCCCCCCCC. The van der Waals surface area contributed by atoms with Crippen molar-refractivity contribution in [1.29, 1.82) is 0 Å². The Morgan fingerprint density at radius 3 is 0.578 bits per heavy atom. The molecule has 0 fully saturated rings. The number of ether oxygens (including phenoxy) is 4. The smallest absolute Gasteiger partial charge is 0.462 e. The highest BCUT2D eigenvalue weighted by Gasteiger charge is 2.30. The zero-order valence-corrected chi connectivity index (χ0v) is 68.4. The van der Waals surface area contributed by atoms with E-state index in [0.29, 0.717) is 25.7 Å². The lowest BCUT2D eigenvalue weighted by atomic mass is 10.0. The molecule has 0 radical (unpaired) electrons. The number of unbranched alkanes of at least 4 members (excludes halogenated alkanes) is 58. The largest absolute Gasteiger partial charge is 0.472 e. The van der Waals surface area contributed by atoms with Gasteiger partial charge in [-0.25, -0.2) is 9.13 Å². The molecule has 0 aromatic rings. The molecule has 0 heterocycles. The standard InChI is InChI=1S/C83H162O17P2/c1-5-9-13-17-21-25-29-33-36-38-41-45-48-52-56-60-64-68-81(86)94-74-79(100-83(88)70-66-62-58-54-50-46-42-39-37-34-30-26-22-18-14-10-6-2)76-98-102(91,92)96-72-77(84)71-95-101(89,90)97-75-78(99-82(87)69-65-61-57-53-49-43-32-28-24-20-16-12-8-4)73-93-80(85)67-63-59-55-51-47-44-40-35-31-27-23-19-15-11-7-3/h77-79,84H,5-76H2,1-4H3,(H,89,90)(H,91,92)/t77-,78-,79-/m1/s1. The quantitative estimate of drug-likeness (QED) is 0.0222. The molecule has 0 rings (SSSR count). The maximum atomic E-state index is 13.1. The van der Waals surface area contributed by atoms with Gasteiger partial charge in [0, 0.05) is 25.7 Å².